The third-order valence-electron chi connectivity index (χ3n) is 1.98. The molecule has 0 fully saturated rings. The number of ether oxygens (including phenoxy) is 1. The average Bonchev–Trinajstić information content (AvgIpc) is 2.52. The van der Waals surface area contributed by atoms with E-state index in [4.69, 9.17) is 4.74 Å². The number of nitrogens with zero attached hydrogens (tertiary/aromatic N) is 1. The summed E-state index contributed by atoms with van der Waals surface area (Å²) >= 11 is 1.51. The molecule has 0 bridgehead atoms. The Morgan fingerprint density at radius 2 is 2.23 bits per heavy atom. The van der Waals surface area contributed by atoms with E-state index in [1.165, 1.54) is 11.3 Å². The van der Waals surface area contributed by atoms with Gasteiger partial charge in [-0.2, -0.15) is 0 Å². The highest BCUT2D eigenvalue weighted by atomic mass is 32.1. The standard InChI is InChI=1S/C9H15NO2S/c1-6(11)7-5-13-8(10-7)9(2,3)12-4/h5-6,11H,1-4H3. The summed E-state index contributed by atoms with van der Waals surface area (Å²) in [6.45, 7) is 5.62. The maximum absolute atomic E-state index is 9.28. The number of thiazole rings is 1. The van der Waals surface area contributed by atoms with Crippen LogP contribution in [0.5, 0.6) is 0 Å². The molecular formula is C9H15NO2S. The zero-order valence-electron chi connectivity index (χ0n) is 8.37. The van der Waals surface area contributed by atoms with Crippen LogP contribution in [0.25, 0.3) is 0 Å². The van der Waals surface area contributed by atoms with E-state index in [0.29, 0.717) is 5.69 Å². The third-order valence-corrected chi connectivity index (χ3v) is 3.14. The Kier molecular flexibility index (Phi) is 3.05. The van der Waals surface area contributed by atoms with Gasteiger partial charge in [0, 0.05) is 12.5 Å². The zero-order chi connectivity index (χ0) is 10.1. The van der Waals surface area contributed by atoms with Gasteiger partial charge in [-0.1, -0.05) is 0 Å². The minimum Gasteiger partial charge on any atom is -0.387 e. The van der Waals surface area contributed by atoms with Crippen molar-refractivity contribution >= 4 is 11.3 Å². The van der Waals surface area contributed by atoms with Crippen molar-refractivity contribution in [2.75, 3.05) is 7.11 Å². The van der Waals surface area contributed by atoms with Crippen molar-refractivity contribution in [2.45, 2.75) is 32.5 Å². The lowest BCUT2D eigenvalue weighted by atomic mass is 10.1. The van der Waals surface area contributed by atoms with E-state index in [2.05, 4.69) is 4.98 Å². The predicted molar refractivity (Wildman–Crippen MR) is 52.8 cm³/mol. The van der Waals surface area contributed by atoms with Crippen molar-refractivity contribution in [2.24, 2.45) is 0 Å². The Morgan fingerprint density at radius 1 is 1.62 bits per heavy atom. The normalized spacial score (nSPS) is 14.5. The number of aliphatic hydroxyl groups excluding tert-OH is 1. The van der Waals surface area contributed by atoms with E-state index in [0.717, 1.165) is 5.01 Å². The van der Waals surface area contributed by atoms with Gasteiger partial charge in [0.25, 0.3) is 0 Å². The third kappa shape index (κ3) is 2.27. The molecule has 0 aliphatic heterocycles. The molecule has 1 atom stereocenters. The van der Waals surface area contributed by atoms with E-state index in [9.17, 15) is 5.11 Å². The highest BCUT2D eigenvalue weighted by Crippen LogP contribution is 2.28. The lowest BCUT2D eigenvalue weighted by Crippen LogP contribution is -2.19. The predicted octanol–water partition coefficient (Wildman–Crippen LogP) is 2.08. The van der Waals surface area contributed by atoms with Crippen LogP contribution in [-0.4, -0.2) is 17.2 Å². The molecule has 1 heterocycles. The molecule has 1 rings (SSSR count). The highest BCUT2D eigenvalue weighted by molar-refractivity contribution is 7.09. The van der Waals surface area contributed by atoms with Crippen molar-refractivity contribution in [3.8, 4) is 0 Å². The molecule has 13 heavy (non-hydrogen) atoms. The molecule has 0 aliphatic rings. The molecule has 1 unspecified atom stereocenters. The van der Waals surface area contributed by atoms with E-state index in [1.54, 1.807) is 14.0 Å². The first-order valence-corrected chi connectivity index (χ1v) is 5.04. The van der Waals surface area contributed by atoms with Gasteiger partial charge in [0.2, 0.25) is 0 Å². The van der Waals surface area contributed by atoms with Crippen LogP contribution in [0, 0.1) is 0 Å². The monoisotopic (exact) mass is 201 g/mol. The van der Waals surface area contributed by atoms with Crippen molar-refractivity contribution in [1.82, 2.24) is 4.98 Å². The summed E-state index contributed by atoms with van der Waals surface area (Å²) in [6, 6.07) is 0. The SMILES string of the molecule is COC(C)(C)c1nc(C(C)O)cs1. The van der Waals surface area contributed by atoms with Gasteiger partial charge in [-0.3, -0.25) is 0 Å². The molecule has 0 spiro atoms. The molecule has 0 saturated heterocycles. The maximum Gasteiger partial charge on any atom is 0.124 e. The molecule has 0 aliphatic carbocycles. The summed E-state index contributed by atoms with van der Waals surface area (Å²) < 4.78 is 5.28. The largest absolute Gasteiger partial charge is 0.387 e. The molecule has 0 saturated carbocycles. The Balaban J connectivity index is 2.91. The molecule has 0 aromatic carbocycles. The Labute approximate surface area is 82.4 Å². The van der Waals surface area contributed by atoms with E-state index in [1.807, 2.05) is 19.2 Å². The first kappa shape index (κ1) is 10.6. The van der Waals surface area contributed by atoms with Crippen LogP contribution in [0.4, 0.5) is 0 Å². The number of hydrogen-bond donors (Lipinski definition) is 1. The second-order valence-electron chi connectivity index (χ2n) is 3.47. The van der Waals surface area contributed by atoms with Gasteiger partial charge in [-0.15, -0.1) is 11.3 Å². The van der Waals surface area contributed by atoms with Gasteiger partial charge in [-0.05, 0) is 20.8 Å². The number of aromatic nitrogens is 1. The van der Waals surface area contributed by atoms with Gasteiger partial charge in [0.15, 0.2) is 0 Å². The number of methoxy groups -OCH3 is 1. The second kappa shape index (κ2) is 3.74. The van der Waals surface area contributed by atoms with Gasteiger partial charge in [0.1, 0.15) is 10.6 Å². The number of hydrogen-bond acceptors (Lipinski definition) is 4. The van der Waals surface area contributed by atoms with E-state index < -0.39 is 6.10 Å². The summed E-state index contributed by atoms with van der Waals surface area (Å²) in [6.07, 6.45) is -0.502. The quantitative estimate of drug-likeness (QED) is 0.814. The van der Waals surface area contributed by atoms with E-state index >= 15 is 0 Å². The van der Waals surface area contributed by atoms with Gasteiger partial charge >= 0.3 is 0 Å². The van der Waals surface area contributed by atoms with E-state index in [-0.39, 0.29) is 5.60 Å². The molecule has 4 heteroatoms. The number of aliphatic hydroxyl groups is 1. The summed E-state index contributed by atoms with van der Waals surface area (Å²) in [5, 5.41) is 12.0. The van der Waals surface area contributed by atoms with Gasteiger partial charge < -0.3 is 9.84 Å². The van der Waals surface area contributed by atoms with Crippen LogP contribution >= 0.6 is 11.3 Å². The van der Waals surface area contributed by atoms with Gasteiger partial charge in [0.05, 0.1) is 11.8 Å². The molecular weight excluding hydrogens is 186 g/mol. The first-order chi connectivity index (χ1) is 5.97. The fraction of sp³-hybridized carbons (Fsp3) is 0.667. The van der Waals surface area contributed by atoms with Crippen LogP contribution in [0.2, 0.25) is 0 Å². The van der Waals surface area contributed by atoms with Crippen molar-refractivity contribution in [3.05, 3.63) is 16.1 Å². The smallest absolute Gasteiger partial charge is 0.124 e. The van der Waals surface area contributed by atoms with Crippen molar-refractivity contribution in [3.63, 3.8) is 0 Å². The van der Waals surface area contributed by atoms with Crippen LogP contribution in [0.1, 0.15) is 37.6 Å². The first-order valence-electron chi connectivity index (χ1n) is 4.16. The zero-order valence-corrected chi connectivity index (χ0v) is 9.18. The van der Waals surface area contributed by atoms with Crippen LogP contribution in [0.3, 0.4) is 0 Å². The molecule has 3 nitrogen and oxygen atoms in total. The van der Waals surface area contributed by atoms with Crippen LogP contribution < -0.4 is 0 Å². The fourth-order valence-electron chi connectivity index (χ4n) is 0.842. The molecule has 1 N–H and O–H groups in total. The van der Waals surface area contributed by atoms with Gasteiger partial charge in [-0.25, -0.2) is 4.98 Å². The maximum atomic E-state index is 9.28. The molecule has 0 radical (unpaired) electrons. The molecule has 74 valence electrons. The minimum atomic E-state index is -0.502. The average molecular weight is 201 g/mol. The fourth-order valence-corrected chi connectivity index (χ4v) is 1.85. The second-order valence-corrected chi connectivity index (χ2v) is 4.33. The lowest BCUT2D eigenvalue weighted by molar-refractivity contribution is 0.0186. The Bertz CT molecular complexity index is 281. The number of rotatable bonds is 3. The van der Waals surface area contributed by atoms with Crippen molar-refractivity contribution in [1.29, 1.82) is 0 Å². The summed E-state index contributed by atoms with van der Waals surface area (Å²) in [5.74, 6) is 0. The molecule has 1 aromatic heterocycles. The minimum absolute atomic E-state index is 0.363. The topological polar surface area (TPSA) is 42.4 Å². The summed E-state index contributed by atoms with van der Waals surface area (Å²) in [7, 11) is 1.66. The molecule has 1 aromatic rings. The van der Waals surface area contributed by atoms with Crippen LogP contribution in [0.15, 0.2) is 5.38 Å². The lowest BCUT2D eigenvalue weighted by Gasteiger charge is -2.19. The summed E-state index contributed by atoms with van der Waals surface area (Å²) in [5.41, 5.74) is 0.350. The Hall–Kier alpha value is -0.450. The summed E-state index contributed by atoms with van der Waals surface area (Å²) in [4.78, 5) is 4.30. The van der Waals surface area contributed by atoms with Crippen molar-refractivity contribution < 1.29 is 9.84 Å². The van der Waals surface area contributed by atoms with Crippen LogP contribution in [-0.2, 0) is 10.3 Å². The Morgan fingerprint density at radius 3 is 2.62 bits per heavy atom. The highest BCUT2D eigenvalue weighted by Gasteiger charge is 2.23. The molecule has 0 amide bonds.